The fourth-order valence-electron chi connectivity index (χ4n) is 2.50. The van der Waals surface area contributed by atoms with Crippen molar-refractivity contribution in [3.05, 3.63) is 42.4 Å². The monoisotopic (exact) mass is 295 g/mol. The molecule has 0 radical (unpaired) electrons. The van der Waals surface area contributed by atoms with Crippen LogP contribution in [0.1, 0.15) is 12.6 Å². The van der Waals surface area contributed by atoms with Gasteiger partial charge in [0.1, 0.15) is 6.07 Å². The molecule has 3 rings (SSSR count). The number of hydrogen-bond acceptors (Lipinski definition) is 6. The quantitative estimate of drug-likeness (QED) is 0.936. The van der Waals surface area contributed by atoms with Crippen molar-refractivity contribution in [2.45, 2.75) is 13.0 Å². The number of nitriles is 1. The first-order valence-corrected chi connectivity index (χ1v) is 7.20. The summed E-state index contributed by atoms with van der Waals surface area (Å²) in [5.74, 6) is 0.470. The summed E-state index contributed by atoms with van der Waals surface area (Å²) in [7, 11) is 0. The highest BCUT2D eigenvalue weighted by atomic mass is 16.5. The lowest BCUT2D eigenvalue weighted by molar-refractivity contribution is 0.0989. The zero-order valence-corrected chi connectivity index (χ0v) is 12.4. The number of rotatable bonds is 3. The maximum atomic E-state index is 9.03. The van der Waals surface area contributed by atoms with E-state index in [9.17, 15) is 0 Å². The molecule has 1 N–H and O–H groups in total. The molecule has 0 amide bonds. The van der Waals surface area contributed by atoms with E-state index in [1.165, 1.54) is 11.9 Å². The third kappa shape index (κ3) is 3.00. The van der Waals surface area contributed by atoms with Crippen LogP contribution in [0.5, 0.6) is 0 Å². The molecule has 0 aliphatic carbocycles. The van der Waals surface area contributed by atoms with Gasteiger partial charge in [-0.2, -0.15) is 5.26 Å². The van der Waals surface area contributed by atoms with Gasteiger partial charge in [0.25, 0.3) is 0 Å². The van der Waals surface area contributed by atoms with Crippen molar-refractivity contribution in [2.24, 2.45) is 0 Å². The zero-order chi connectivity index (χ0) is 15.4. The van der Waals surface area contributed by atoms with Gasteiger partial charge >= 0.3 is 0 Å². The van der Waals surface area contributed by atoms with Gasteiger partial charge in [0, 0.05) is 36.4 Å². The fraction of sp³-hybridized carbons (Fsp3) is 0.312. The molecule has 2 heterocycles. The fourth-order valence-corrected chi connectivity index (χ4v) is 2.50. The first-order valence-electron chi connectivity index (χ1n) is 7.20. The highest BCUT2D eigenvalue weighted by Gasteiger charge is 2.18. The van der Waals surface area contributed by atoms with E-state index >= 15 is 0 Å². The molecule has 22 heavy (non-hydrogen) atoms. The number of ether oxygens (including phenoxy) is 1. The van der Waals surface area contributed by atoms with Crippen molar-refractivity contribution in [1.29, 1.82) is 5.26 Å². The van der Waals surface area contributed by atoms with Gasteiger partial charge in [-0.3, -0.25) is 0 Å². The Morgan fingerprint density at radius 1 is 1.27 bits per heavy atom. The van der Waals surface area contributed by atoms with E-state index in [2.05, 4.69) is 39.2 Å². The van der Waals surface area contributed by atoms with E-state index in [4.69, 9.17) is 10.00 Å². The maximum absolute atomic E-state index is 9.03. The van der Waals surface area contributed by atoms with Crippen molar-refractivity contribution < 1.29 is 4.74 Å². The highest BCUT2D eigenvalue weighted by Crippen LogP contribution is 2.23. The minimum atomic E-state index is 0.286. The van der Waals surface area contributed by atoms with Gasteiger partial charge in [-0.15, -0.1) is 0 Å². The number of anilines is 3. The van der Waals surface area contributed by atoms with E-state index < -0.39 is 0 Å². The molecule has 2 aromatic rings. The van der Waals surface area contributed by atoms with Crippen LogP contribution in [-0.2, 0) is 4.74 Å². The van der Waals surface area contributed by atoms with E-state index in [0.717, 1.165) is 25.4 Å². The molecule has 1 aliphatic rings. The van der Waals surface area contributed by atoms with Gasteiger partial charge in [0.15, 0.2) is 11.5 Å². The van der Waals surface area contributed by atoms with Crippen molar-refractivity contribution in [3.8, 4) is 6.07 Å². The minimum absolute atomic E-state index is 0.286. The van der Waals surface area contributed by atoms with E-state index in [0.29, 0.717) is 11.9 Å². The molecular weight excluding hydrogens is 278 g/mol. The lowest BCUT2D eigenvalue weighted by atomic mass is 10.2. The van der Waals surface area contributed by atoms with E-state index in [1.807, 2.05) is 18.2 Å². The van der Waals surface area contributed by atoms with E-state index in [-0.39, 0.29) is 5.69 Å². The Balaban J connectivity index is 1.76. The molecule has 1 aromatic carbocycles. The smallest absolute Gasteiger partial charge is 0.183 e. The molecule has 1 saturated heterocycles. The van der Waals surface area contributed by atoms with Crippen molar-refractivity contribution in [3.63, 3.8) is 0 Å². The van der Waals surface area contributed by atoms with Crippen molar-refractivity contribution >= 4 is 17.2 Å². The van der Waals surface area contributed by atoms with Gasteiger partial charge in [0.2, 0.25) is 0 Å². The second-order valence-electron chi connectivity index (χ2n) is 5.15. The number of morpholine rings is 1. The number of aromatic nitrogens is 2. The Morgan fingerprint density at radius 3 is 2.77 bits per heavy atom. The van der Waals surface area contributed by atoms with Gasteiger partial charge in [-0.25, -0.2) is 9.97 Å². The summed E-state index contributed by atoms with van der Waals surface area (Å²) >= 11 is 0. The predicted molar refractivity (Wildman–Crippen MR) is 84.1 cm³/mol. The van der Waals surface area contributed by atoms with Gasteiger partial charge in [-0.05, 0) is 31.2 Å². The molecule has 1 unspecified atom stereocenters. The summed E-state index contributed by atoms with van der Waals surface area (Å²) in [6.07, 6.45) is 3.07. The molecule has 6 heteroatoms. The summed E-state index contributed by atoms with van der Waals surface area (Å²) in [5.41, 5.74) is 2.33. The SMILES string of the molecule is CC1COCCN1c1ccc(Nc2nccnc2C#N)cc1. The minimum Gasteiger partial charge on any atom is -0.377 e. The Bertz CT molecular complexity index is 680. The number of benzene rings is 1. The number of hydrogen-bond donors (Lipinski definition) is 1. The molecule has 1 atom stereocenters. The molecule has 0 saturated carbocycles. The Labute approximate surface area is 129 Å². The normalized spacial score (nSPS) is 17.8. The summed E-state index contributed by atoms with van der Waals surface area (Å²) < 4.78 is 5.46. The lowest BCUT2D eigenvalue weighted by Gasteiger charge is -2.35. The third-order valence-corrected chi connectivity index (χ3v) is 3.63. The van der Waals surface area contributed by atoms with Gasteiger partial charge in [0.05, 0.1) is 13.2 Å². The number of nitrogens with one attached hydrogen (secondary N) is 1. The molecule has 1 aliphatic heterocycles. The Kier molecular flexibility index (Phi) is 4.17. The summed E-state index contributed by atoms with van der Waals surface area (Å²) in [6.45, 7) is 4.57. The van der Waals surface area contributed by atoms with Crippen LogP contribution in [0.4, 0.5) is 17.2 Å². The molecule has 1 aromatic heterocycles. The standard InChI is InChI=1S/C16H17N5O/c1-12-11-22-9-8-21(12)14-4-2-13(3-5-14)20-16-15(10-17)18-6-7-19-16/h2-7,12H,8-9,11H2,1H3,(H,19,20). The van der Waals surface area contributed by atoms with Crippen molar-refractivity contribution in [1.82, 2.24) is 9.97 Å². The molecule has 0 spiro atoms. The van der Waals surface area contributed by atoms with Crippen LogP contribution in [0.2, 0.25) is 0 Å². The predicted octanol–water partition coefficient (Wildman–Crippen LogP) is 2.32. The Morgan fingerprint density at radius 2 is 2.05 bits per heavy atom. The lowest BCUT2D eigenvalue weighted by Crippen LogP contribution is -2.43. The molecule has 112 valence electrons. The molecule has 6 nitrogen and oxygen atoms in total. The summed E-state index contributed by atoms with van der Waals surface area (Å²) in [5, 5.41) is 12.2. The topological polar surface area (TPSA) is 74.1 Å². The third-order valence-electron chi connectivity index (χ3n) is 3.63. The van der Waals surface area contributed by atoms with Crippen LogP contribution in [0.15, 0.2) is 36.7 Å². The van der Waals surface area contributed by atoms with Gasteiger partial charge < -0.3 is 15.0 Å². The Hall–Kier alpha value is -2.65. The number of nitrogens with zero attached hydrogens (tertiary/aromatic N) is 4. The largest absolute Gasteiger partial charge is 0.377 e. The second kappa shape index (κ2) is 6.41. The second-order valence-corrected chi connectivity index (χ2v) is 5.15. The highest BCUT2D eigenvalue weighted by molar-refractivity contribution is 5.63. The van der Waals surface area contributed by atoms with Crippen LogP contribution in [0.3, 0.4) is 0 Å². The first-order chi connectivity index (χ1) is 10.8. The van der Waals surface area contributed by atoms with Crippen LogP contribution in [0.25, 0.3) is 0 Å². The van der Waals surface area contributed by atoms with E-state index in [1.54, 1.807) is 6.20 Å². The van der Waals surface area contributed by atoms with Gasteiger partial charge in [-0.1, -0.05) is 0 Å². The van der Waals surface area contributed by atoms with Crippen LogP contribution in [-0.4, -0.2) is 35.8 Å². The van der Waals surface area contributed by atoms with Crippen molar-refractivity contribution in [2.75, 3.05) is 30.0 Å². The molecule has 1 fully saturated rings. The van der Waals surface area contributed by atoms with Crippen LogP contribution < -0.4 is 10.2 Å². The average Bonchev–Trinajstić information content (AvgIpc) is 2.57. The average molecular weight is 295 g/mol. The maximum Gasteiger partial charge on any atom is 0.183 e. The first kappa shape index (κ1) is 14.3. The summed E-state index contributed by atoms with van der Waals surface area (Å²) in [4.78, 5) is 10.5. The van der Waals surface area contributed by atoms with Crippen LogP contribution >= 0.6 is 0 Å². The van der Waals surface area contributed by atoms with Crippen LogP contribution in [0, 0.1) is 11.3 Å². The summed E-state index contributed by atoms with van der Waals surface area (Å²) in [6, 6.07) is 10.5. The zero-order valence-electron chi connectivity index (χ0n) is 12.4. The molecule has 0 bridgehead atoms. The molecular formula is C16H17N5O.